The first kappa shape index (κ1) is 8.61. The minimum Gasteiger partial charge on any atom is -0.343 e. The van der Waals surface area contributed by atoms with E-state index in [9.17, 15) is 0 Å². The first-order valence-corrected chi connectivity index (χ1v) is 5.83. The highest BCUT2D eigenvalue weighted by Crippen LogP contribution is 2.44. The number of aryl methyl sites for hydroxylation is 1. The van der Waals surface area contributed by atoms with Crippen molar-refractivity contribution >= 4 is 16.5 Å². The van der Waals surface area contributed by atoms with Crippen LogP contribution in [0.5, 0.6) is 0 Å². The van der Waals surface area contributed by atoms with Crippen molar-refractivity contribution in [1.29, 1.82) is 0 Å². The Kier molecular flexibility index (Phi) is 1.64. The maximum Gasteiger partial charge on any atom is 0.208 e. The van der Waals surface area contributed by atoms with Gasteiger partial charge in [-0.1, -0.05) is 11.3 Å². The average Bonchev–Trinajstić information content (AvgIpc) is 2.85. The van der Waals surface area contributed by atoms with Crippen LogP contribution < -0.4 is 10.6 Å². The quantitative estimate of drug-likeness (QED) is 0.783. The summed E-state index contributed by atoms with van der Waals surface area (Å²) in [5.74, 6) is 0.771. The maximum atomic E-state index is 6.26. The molecular formula is C9H14N4S. The van der Waals surface area contributed by atoms with Crippen molar-refractivity contribution in [2.45, 2.75) is 25.3 Å². The van der Waals surface area contributed by atoms with Crippen molar-refractivity contribution in [2.75, 3.05) is 18.0 Å². The molecule has 1 saturated heterocycles. The highest BCUT2D eigenvalue weighted by Gasteiger charge is 2.51. The zero-order valence-electron chi connectivity index (χ0n) is 8.23. The van der Waals surface area contributed by atoms with Gasteiger partial charge in [0.2, 0.25) is 5.13 Å². The van der Waals surface area contributed by atoms with Crippen LogP contribution in [-0.2, 0) is 0 Å². The molecule has 76 valence electrons. The first-order valence-electron chi connectivity index (χ1n) is 5.01. The van der Waals surface area contributed by atoms with Crippen LogP contribution in [0.25, 0.3) is 0 Å². The van der Waals surface area contributed by atoms with Crippen LogP contribution in [0, 0.1) is 12.8 Å². The van der Waals surface area contributed by atoms with Crippen LogP contribution in [0.2, 0.25) is 0 Å². The van der Waals surface area contributed by atoms with Gasteiger partial charge in [0.25, 0.3) is 0 Å². The van der Waals surface area contributed by atoms with Crippen LogP contribution in [0.3, 0.4) is 0 Å². The summed E-state index contributed by atoms with van der Waals surface area (Å²) in [6.07, 6.45) is 2.64. The van der Waals surface area contributed by atoms with Gasteiger partial charge in [0.15, 0.2) is 0 Å². The lowest BCUT2D eigenvalue weighted by atomic mass is 9.86. The molecule has 0 atom stereocenters. The predicted molar refractivity (Wildman–Crippen MR) is 56.5 cm³/mol. The van der Waals surface area contributed by atoms with Crippen LogP contribution in [0.15, 0.2) is 0 Å². The van der Waals surface area contributed by atoms with Gasteiger partial charge in [-0.15, -0.1) is 10.2 Å². The van der Waals surface area contributed by atoms with E-state index in [-0.39, 0.29) is 5.54 Å². The Bertz CT molecular complexity index is 351. The van der Waals surface area contributed by atoms with E-state index in [1.54, 1.807) is 11.3 Å². The molecule has 2 aliphatic rings. The number of nitrogens with zero attached hydrogens (tertiary/aromatic N) is 3. The van der Waals surface area contributed by atoms with Gasteiger partial charge < -0.3 is 10.6 Å². The minimum atomic E-state index is 0.0829. The van der Waals surface area contributed by atoms with Gasteiger partial charge in [0.05, 0.1) is 5.54 Å². The van der Waals surface area contributed by atoms with E-state index in [4.69, 9.17) is 5.73 Å². The number of nitrogens with two attached hydrogens (primary N) is 1. The Hall–Kier alpha value is -0.680. The fourth-order valence-corrected chi connectivity index (χ4v) is 2.82. The topological polar surface area (TPSA) is 55.0 Å². The van der Waals surface area contributed by atoms with Gasteiger partial charge >= 0.3 is 0 Å². The summed E-state index contributed by atoms with van der Waals surface area (Å²) in [5, 5.41) is 10.2. The molecule has 0 amide bonds. The molecule has 0 bridgehead atoms. The zero-order valence-corrected chi connectivity index (χ0v) is 9.05. The number of aromatic nitrogens is 2. The molecule has 2 heterocycles. The van der Waals surface area contributed by atoms with Gasteiger partial charge in [-0.2, -0.15) is 0 Å². The molecule has 2 N–H and O–H groups in total. The minimum absolute atomic E-state index is 0.0829. The molecule has 0 aromatic carbocycles. The van der Waals surface area contributed by atoms with E-state index in [0.29, 0.717) is 0 Å². The van der Waals surface area contributed by atoms with E-state index in [2.05, 4.69) is 15.1 Å². The molecule has 5 heteroatoms. The lowest BCUT2D eigenvalue weighted by Crippen LogP contribution is -2.69. The largest absolute Gasteiger partial charge is 0.343 e. The molecule has 0 unspecified atom stereocenters. The summed E-state index contributed by atoms with van der Waals surface area (Å²) in [6, 6.07) is 0. The SMILES string of the molecule is Cc1nnc(N2CC(N)(C3CC3)C2)s1. The third kappa shape index (κ3) is 1.23. The van der Waals surface area contributed by atoms with Crippen molar-refractivity contribution in [1.82, 2.24) is 10.2 Å². The summed E-state index contributed by atoms with van der Waals surface area (Å²) in [4.78, 5) is 2.24. The molecule has 2 fully saturated rings. The van der Waals surface area contributed by atoms with Crippen LogP contribution in [0.1, 0.15) is 17.8 Å². The third-order valence-corrected chi connectivity index (χ3v) is 4.05. The number of anilines is 1. The highest BCUT2D eigenvalue weighted by molar-refractivity contribution is 7.15. The molecule has 0 radical (unpaired) electrons. The molecule has 1 aromatic heterocycles. The fraction of sp³-hybridized carbons (Fsp3) is 0.778. The van der Waals surface area contributed by atoms with Crippen molar-refractivity contribution in [2.24, 2.45) is 11.7 Å². The van der Waals surface area contributed by atoms with E-state index in [1.165, 1.54) is 12.8 Å². The van der Waals surface area contributed by atoms with Gasteiger partial charge in [0, 0.05) is 13.1 Å². The van der Waals surface area contributed by atoms with Crippen molar-refractivity contribution in [3.8, 4) is 0 Å². The Labute approximate surface area is 87.1 Å². The Morgan fingerprint density at radius 3 is 2.64 bits per heavy atom. The van der Waals surface area contributed by atoms with Crippen molar-refractivity contribution in [3.63, 3.8) is 0 Å². The van der Waals surface area contributed by atoms with E-state index in [1.807, 2.05) is 6.92 Å². The van der Waals surface area contributed by atoms with E-state index in [0.717, 1.165) is 29.1 Å². The van der Waals surface area contributed by atoms with Gasteiger partial charge in [0.1, 0.15) is 5.01 Å². The third-order valence-electron chi connectivity index (χ3n) is 3.15. The van der Waals surface area contributed by atoms with Crippen LogP contribution >= 0.6 is 11.3 Å². The van der Waals surface area contributed by atoms with E-state index >= 15 is 0 Å². The standard InChI is InChI=1S/C9H14N4S/c1-6-11-12-8(14-6)13-4-9(10,5-13)7-2-3-7/h7H,2-5,10H2,1H3. The summed E-state index contributed by atoms with van der Waals surface area (Å²) in [6.45, 7) is 3.91. The zero-order chi connectivity index (χ0) is 9.76. The molecule has 3 rings (SSSR count). The Morgan fingerprint density at radius 1 is 1.43 bits per heavy atom. The van der Waals surface area contributed by atoms with Crippen LogP contribution in [0.4, 0.5) is 5.13 Å². The van der Waals surface area contributed by atoms with Gasteiger partial charge in [-0.25, -0.2) is 0 Å². The second-order valence-electron chi connectivity index (χ2n) is 4.47. The molecule has 1 saturated carbocycles. The lowest BCUT2D eigenvalue weighted by molar-refractivity contribution is 0.290. The smallest absolute Gasteiger partial charge is 0.208 e. The molecule has 1 aliphatic heterocycles. The molecule has 1 aromatic rings. The van der Waals surface area contributed by atoms with Crippen LogP contribution in [-0.4, -0.2) is 28.8 Å². The first-order chi connectivity index (χ1) is 6.67. The van der Waals surface area contributed by atoms with E-state index < -0.39 is 0 Å². The maximum absolute atomic E-state index is 6.26. The van der Waals surface area contributed by atoms with Gasteiger partial charge in [-0.3, -0.25) is 0 Å². The number of rotatable bonds is 2. The van der Waals surface area contributed by atoms with Gasteiger partial charge in [-0.05, 0) is 25.7 Å². The molecule has 0 spiro atoms. The summed E-state index contributed by atoms with van der Waals surface area (Å²) < 4.78 is 0. The molecule has 4 nitrogen and oxygen atoms in total. The molecule has 14 heavy (non-hydrogen) atoms. The second-order valence-corrected chi connectivity index (χ2v) is 5.63. The Balaban J connectivity index is 1.68. The summed E-state index contributed by atoms with van der Waals surface area (Å²) >= 11 is 1.65. The molecule has 1 aliphatic carbocycles. The molecular weight excluding hydrogens is 196 g/mol. The average molecular weight is 210 g/mol. The number of hydrogen-bond donors (Lipinski definition) is 1. The van der Waals surface area contributed by atoms with Crippen molar-refractivity contribution < 1.29 is 0 Å². The lowest BCUT2D eigenvalue weighted by Gasteiger charge is -2.48. The Morgan fingerprint density at radius 2 is 2.14 bits per heavy atom. The highest BCUT2D eigenvalue weighted by atomic mass is 32.1. The summed E-state index contributed by atoms with van der Waals surface area (Å²) in [5.41, 5.74) is 6.34. The van der Waals surface area contributed by atoms with Crippen molar-refractivity contribution in [3.05, 3.63) is 5.01 Å². The predicted octanol–water partition coefficient (Wildman–Crippen LogP) is 0.774. The summed E-state index contributed by atoms with van der Waals surface area (Å²) in [7, 11) is 0. The fourth-order valence-electron chi connectivity index (χ4n) is 2.13. The second kappa shape index (κ2) is 2.67. The monoisotopic (exact) mass is 210 g/mol. The number of hydrogen-bond acceptors (Lipinski definition) is 5. The normalized spacial score (nSPS) is 24.9.